The van der Waals surface area contributed by atoms with E-state index in [1.54, 1.807) is 0 Å². The molecule has 0 saturated carbocycles. The number of aromatic nitrogens is 2. The second-order valence-electron chi connectivity index (χ2n) is 5.54. The van der Waals surface area contributed by atoms with Crippen LogP contribution in [-0.2, 0) is 17.8 Å². The third-order valence-corrected chi connectivity index (χ3v) is 3.72. The second kappa shape index (κ2) is 6.29. The number of benzene rings is 1. The summed E-state index contributed by atoms with van der Waals surface area (Å²) < 4.78 is 45.7. The maximum atomic E-state index is 12.0. The predicted octanol–water partition coefficient (Wildman–Crippen LogP) is 3.15. The summed E-state index contributed by atoms with van der Waals surface area (Å²) in [5.41, 5.74) is 9.06. The predicted molar refractivity (Wildman–Crippen MR) is 75.3 cm³/mol. The zero-order valence-electron chi connectivity index (χ0n) is 12.3. The Hall–Kier alpha value is -1.93. The summed E-state index contributed by atoms with van der Waals surface area (Å²) in [4.78, 5) is 4.07. The van der Waals surface area contributed by atoms with E-state index in [9.17, 15) is 13.2 Å². The number of ether oxygens (including phenoxy) is 1. The first kappa shape index (κ1) is 15.9. The molecule has 0 saturated heterocycles. The molecule has 1 unspecified atom stereocenters. The molecule has 23 heavy (non-hydrogen) atoms. The molecule has 1 aromatic heterocycles. The van der Waals surface area contributed by atoms with E-state index in [0.29, 0.717) is 0 Å². The van der Waals surface area contributed by atoms with Gasteiger partial charge in [0.2, 0.25) is 0 Å². The summed E-state index contributed by atoms with van der Waals surface area (Å²) in [6.45, 7) is -1.69. The van der Waals surface area contributed by atoms with Crippen molar-refractivity contribution in [2.75, 3.05) is 6.61 Å². The van der Waals surface area contributed by atoms with E-state index in [-0.39, 0.29) is 24.4 Å². The number of nitrogens with two attached hydrogens (primary N) is 1. The molecule has 0 fully saturated rings. The Morgan fingerprint density at radius 1 is 1.35 bits per heavy atom. The standard InChI is InChI=1S/C15H16F3N3O2/c16-15(17,18)8-22-7-13-20-14(23-21-13)10-4-5-11-9(6-10)2-1-3-12(11)19/h4-6,12H,1-3,7-8,19H2. The fourth-order valence-corrected chi connectivity index (χ4v) is 2.67. The Kier molecular flexibility index (Phi) is 4.36. The second-order valence-corrected chi connectivity index (χ2v) is 5.54. The number of aryl methyl sites for hydroxylation is 1. The molecule has 3 rings (SSSR count). The average Bonchev–Trinajstić information content (AvgIpc) is 2.95. The smallest absolute Gasteiger partial charge is 0.364 e. The molecule has 124 valence electrons. The molecule has 1 aromatic carbocycles. The molecule has 0 bridgehead atoms. The van der Waals surface area contributed by atoms with Crippen molar-refractivity contribution < 1.29 is 22.4 Å². The number of alkyl halides is 3. The van der Waals surface area contributed by atoms with Crippen LogP contribution in [0.3, 0.4) is 0 Å². The van der Waals surface area contributed by atoms with Gasteiger partial charge < -0.3 is 15.0 Å². The third kappa shape index (κ3) is 3.89. The molecule has 1 aliphatic rings. The maximum absolute atomic E-state index is 12.0. The van der Waals surface area contributed by atoms with Gasteiger partial charge in [-0.05, 0) is 42.5 Å². The molecule has 1 aliphatic carbocycles. The monoisotopic (exact) mass is 327 g/mol. The van der Waals surface area contributed by atoms with Crippen molar-refractivity contribution in [3.8, 4) is 11.5 Å². The first-order valence-corrected chi connectivity index (χ1v) is 7.28. The molecule has 2 N–H and O–H groups in total. The number of rotatable bonds is 4. The van der Waals surface area contributed by atoms with Gasteiger partial charge in [-0.2, -0.15) is 18.2 Å². The largest absolute Gasteiger partial charge is 0.411 e. The average molecular weight is 327 g/mol. The SMILES string of the molecule is NC1CCCc2cc(-c3nc(COCC(F)(F)F)no3)ccc21. The molecule has 0 amide bonds. The lowest BCUT2D eigenvalue weighted by molar-refractivity contribution is -0.177. The van der Waals surface area contributed by atoms with Crippen LogP contribution in [0.25, 0.3) is 11.5 Å². The minimum absolute atomic E-state index is 0.0433. The highest BCUT2D eigenvalue weighted by Crippen LogP contribution is 2.31. The Morgan fingerprint density at radius 3 is 2.96 bits per heavy atom. The summed E-state index contributed by atoms with van der Waals surface area (Å²) in [5, 5.41) is 3.64. The zero-order chi connectivity index (χ0) is 16.4. The van der Waals surface area contributed by atoms with Crippen molar-refractivity contribution in [2.45, 2.75) is 38.1 Å². The van der Waals surface area contributed by atoms with E-state index < -0.39 is 12.8 Å². The molecular weight excluding hydrogens is 311 g/mol. The number of fused-ring (bicyclic) bond motifs is 1. The highest BCUT2D eigenvalue weighted by Gasteiger charge is 2.27. The van der Waals surface area contributed by atoms with Gasteiger partial charge >= 0.3 is 6.18 Å². The molecular formula is C15H16F3N3O2. The maximum Gasteiger partial charge on any atom is 0.411 e. The summed E-state index contributed by atoms with van der Waals surface area (Å²) in [6.07, 6.45) is -1.44. The van der Waals surface area contributed by atoms with E-state index in [2.05, 4.69) is 14.9 Å². The Morgan fingerprint density at radius 2 is 2.17 bits per heavy atom. The Labute approximate surface area is 130 Å². The topological polar surface area (TPSA) is 74.2 Å². The zero-order valence-corrected chi connectivity index (χ0v) is 12.3. The van der Waals surface area contributed by atoms with Gasteiger partial charge in [0, 0.05) is 11.6 Å². The molecule has 8 heteroatoms. The molecule has 2 aromatic rings. The van der Waals surface area contributed by atoms with Gasteiger partial charge in [0.25, 0.3) is 5.89 Å². The van der Waals surface area contributed by atoms with Gasteiger partial charge in [-0.25, -0.2) is 0 Å². The lowest BCUT2D eigenvalue weighted by Gasteiger charge is -2.22. The van der Waals surface area contributed by atoms with Crippen LogP contribution in [0.5, 0.6) is 0 Å². The van der Waals surface area contributed by atoms with E-state index >= 15 is 0 Å². The number of hydrogen-bond acceptors (Lipinski definition) is 5. The van der Waals surface area contributed by atoms with Gasteiger partial charge in [-0.1, -0.05) is 11.2 Å². The van der Waals surface area contributed by atoms with Crippen LogP contribution in [0, 0.1) is 0 Å². The minimum atomic E-state index is -4.37. The van der Waals surface area contributed by atoms with Crippen LogP contribution in [0.1, 0.15) is 35.8 Å². The summed E-state index contributed by atoms with van der Waals surface area (Å²) >= 11 is 0. The fraction of sp³-hybridized carbons (Fsp3) is 0.467. The summed E-state index contributed by atoms with van der Waals surface area (Å²) in [7, 11) is 0. The number of halogens is 3. The summed E-state index contributed by atoms with van der Waals surface area (Å²) in [5.74, 6) is 0.344. The van der Waals surface area contributed by atoms with E-state index in [1.807, 2.05) is 18.2 Å². The van der Waals surface area contributed by atoms with Crippen LogP contribution in [0.15, 0.2) is 22.7 Å². The van der Waals surface area contributed by atoms with Gasteiger partial charge in [-0.15, -0.1) is 0 Å². The highest BCUT2D eigenvalue weighted by atomic mass is 19.4. The number of nitrogens with zero attached hydrogens (tertiary/aromatic N) is 2. The van der Waals surface area contributed by atoms with Crippen molar-refractivity contribution in [3.05, 3.63) is 35.2 Å². The van der Waals surface area contributed by atoms with Crippen LogP contribution in [0.2, 0.25) is 0 Å². The lowest BCUT2D eigenvalue weighted by Crippen LogP contribution is -2.17. The third-order valence-electron chi connectivity index (χ3n) is 3.72. The Bertz CT molecular complexity index is 685. The van der Waals surface area contributed by atoms with Crippen molar-refractivity contribution >= 4 is 0 Å². The summed E-state index contributed by atoms with van der Waals surface area (Å²) in [6, 6.07) is 5.76. The fourth-order valence-electron chi connectivity index (χ4n) is 2.67. The first-order chi connectivity index (χ1) is 10.9. The normalized spacial score (nSPS) is 18.0. The quantitative estimate of drug-likeness (QED) is 0.934. The van der Waals surface area contributed by atoms with Crippen molar-refractivity contribution in [1.29, 1.82) is 0 Å². The van der Waals surface area contributed by atoms with Crippen LogP contribution in [-0.4, -0.2) is 22.9 Å². The first-order valence-electron chi connectivity index (χ1n) is 7.28. The van der Waals surface area contributed by atoms with Gasteiger partial charge in [0.05, 0.1) is 0 Å². The van der Waals surface area contributed by atoms with Crippen LogP contribution >= 0.6 is 0 Å². The van der Waals surface area contributed by atoms with Gasteiger partial charge in [-0.3, -0.25) is 0 Å². The van der Waals surface area contributed by atoms with Crippen LogP contribution in [0.4, 0.5) is 13.2 Å². The van der Waals surface area contributed by atoms with E-state index in [1.165, 1.54) is 0 Å². The Balaban J connectivity index is 1.71. The number of hydrogen-bond donors (Lipinski definition) is 1. The van der Waals surface area contributed by atoms with Crippen molar-refractivity contribution in [2.24, 2.45) is 5.73 Å². The van der Waals surface area contributed by atoms with E-state index in [0.717, 1.165) is 36.0 Å². The van der Waals surface area contributed by atoms with Crippen molar-refractivity contribution in [1.82, 2.24) is 10.1 Å². The highest BCUT2D eigenvalue weighted by molar-refractivity contribution is 5.56. The molecule has 1 heterocycles. The minimum Gasteiger partial charge on any atom is -0.364 e. The van der Waals surface area contributed by atoms with Crippen molar-refractivity contribution in [3.63, 3.8) is 0 Å². The molecule has 0 aliphatic heterocycles. The van der Waals surface area contributed by atoms with Gasteiger partial charge in [0.15, 0.2) is 5.82 Å². The molecule has 1 atom stereocenters. The van der Waals surface area contributed by atoms with Crippen LogP contribution < -0.4 is 5.73 Å². The molecule has 0 spiro atoms. The molecule has 5 nitrogen and oxygen atoms in total. The van der Waals surface area contributed by atoms with Gasteiger partial charge in [0.1, 0.15) is 13.2 Å². The lowest BCUT2D eigenvalue weighted by atomic mass is 9.87. The molecule has 0 radical (unpaired) electrons. The van der Waals surface area contributed by atoms with E-state index in [4.69, 9.17) is 10.3 Å².